The summed E-state index contributed by atoms with van der Waals surface area (Å²) in [5, 5.41) is 0. The third kappa shape index (κ3) is 4.01. The summed E-state index contributed by atoms with van der Waals surface area (Å²) in [6, 6.07) is 28.7. The normalized spacial score (nSPS) is 19.8. The molecule has 166 valence electrons. The maximum absolute atomic E-state index is 15.5. The third-order valence-electron chi connectivity index (χ3n) is 6.20. The monoisotopic (exact) mass is 511 g/mol. The molecule has 2 fully saturated rings. The Kier molecular flexibility index (Phi) is 6.38. The number of nitrogens with zero attached hydrogens (tertiary/aromatic N) is 3. The van der Waals surface area contributed by atoms with Crippen molar-refractivity contribution >= 4 is 34.7 Å². The zero-order chi connectivity index (χ0) is 22.0. The van der Waals surface area contributed by atoms with Gasteiger partial charge in [0, 0.05) is 42.0 Å². The van der Waals surface area contributed by atoms with Crippen LogP contribution in [0.25, 0.3) is 0 Å². The van der Waals surface area contributed by atoms with Crippen LogP contribution in [0.3, 0.4) is 0 Å². The fraction of sp³-hybridized carbons (Fsp3) is 0.280. The molecule has 32 heavy (non-hydrogen) atoms. The summed E-state index contributed by atoms with van der Waals surface area (Å²) < 4.78 is 26.5. The number of benzene rings is 3. The van der Waals surface area contributed by atoms with E-state index in [1.54, 1.807) is 0 Å². The van der Waals surface area contributed by atoms with E-state index in [-0.39, 0.29) is 5.78 Å². The van der Waals surface area contributed by atoms with Gasteiger partial charge in [-0.25, -0.2) is 0 Å². The first kappa shape index (κ1) is 21.7. The van der Waals surface area contributed by atoms with Gasteiger partial charge in [-0.1, -0.05) is 64.5 Å². The molecule has 3 aromatic rings. The lowest BCUT2D eigenvalue weighted by atomic mass is 10.2. The molecular formula is C25H27BrN3O2P. The molecule has 0 saturated carbocycles. The van der Waals surface area contributed by atoms with E-state index in [4.69, 9.17) is 4.74 Å². The van der Waals surface area contributed by atoms with E-state index >= 15 is 4.57 Å². The van der Waals surface area contributed by atoms with Crippen molar-refractivity contribution in [2.45, 2.75) is 5.78 Å². The summed E-state index contributed by atoms with van der Waals surface area (Å²) in [4.78, 5) is 2.35. The van der Waals surface area contributed by atoms with Crippen molar-refractivity contribution in [1.82, 2.24) is 4.90 Å². The van der Waals surface area contributed by atoms with Crippen LogP contribution in [0.4, 0.5) is 11.4 Å². The summed E-state index contributed by atoms with van der Waals surface area (Å²) in [7, 11) is -3.13. The maximum Gasteiger partial charge on any atom is 0.284 e. The second-order valence-corrected chi connectivity index (χ2v) is 11.6. The van der Waals surface area contributed by atoms with Gasteiger partial charge in [0.05, 0.1) is 13.2 Å². The van der Waals surface area contributed by atoms with Crippen LogP contribution in [0.15, 0.2) is 89.4 Å². The van der Waals surface area contributed by atoms with E-state index in [9.17, 15) is 0 Å². The van der Waals surface area contributed by atoms with E-state index < -0.39 is 7.44 Å². The highest BCUT2D eigenvalue weighted by molar-refractivity contribution is 9.10. The Labute approximate surface area is 198 Å². The standard InChI is InChI=1S/C25H27BrN3O2P/c26-22-13-11-21(12-14-22)25(27-17-19-31-20-18-27)32(30)28(23-7-3-1-4-8-23)15-16-29(32)24-9-5-2-6-10-24/h1-14,25H,15-20H2. The van der Waals surface area contributed by atoms with Gasteiger partial charge in [0.1, 0.15) is 5.78 Å². The SMILES string of the molecule is O=P1(C(c2ccc(Br)cc2)N2CCOCC2)N(c2ccccc2)CCN1c1ccccc1. The molecule has 2 saturated heterocycles. The summed E-state index contributed by atoms with van der Waals surface area (Å²) in [6.07, 6.45) is 0. The minimum atomic E-state index is -3.13. The van der Waals surface area contributed by atoms with E-state index in [0.29, 0.717) is 26.3 Å². The molecule has 0 radical (unpaired) electrons. The van der Waals surface area contributed by atoms with Crippen molar-refractivity contribution in [3.8, 4) is 0 Å². The molecule has 1 unspecified atom stereocenters. The molecule has 0 amide bonds. The van der Waals surface area contributed by atoms with Gasteiger partial charge in [-0.05, 0) is 42.0 Å². The molecular weight excluding hydrogens is 485 g/mol. The zero-order valence-electron chi connectivity index (χ0n) is 17.9. The van der Waals surface area contributed by atoms with Gasteiger partial charge in [-0.2, -0.15) is 0 Å². The van der Waals surface area contributed by atoms with Crippen molar-refractivity contribution < 1.29 is 9.30 Å². The number of morpholine rings is 1. The highest BCUT2D eigenvalue weighted by atomic mass is 79.9. The molecule has 7 heteroatoms. The molecule has 2 aliphatic heterocycles. The summed E-state index contributed by atoms with van der Waals surface area (Å²) in [6.45, 7) is 4.26. The van der Waals surface area contributed by atoms with Crippen LogP contribution >= 0.6 is 23.4 Å². The van der Waals surface area contributed by atoms with Gasteiger partial charge in [0.25, 0.3) is 7.44 Å². The summed E-state index contributed by atoms with van der Waals surface area (Å²) in [5.74, 6) is -0.262. The lowest BCUT2D eigenvalue weighted by molar-refractivity contribution is 0.0303. The van der Waals surface area contributed by atoms with Crippen molar-refractivity contribution in [1.29, 1.82) is 0 Å². The molecule has 5 rings (SSSR count). The summed E-state index contributed by atoms with van der Waals surface area (Å²) in [5.41, 5.74) is 3.08. The zero-order valence-corrected chi connectivity index (χ0v) is 20.4. The Morgan fingerprint density at radius 1 is 0.719 bits per heavy atom. The van der Waals surface area contributed by atoms with Gasteiger partial charge < -0.3 is 14.1 Å². The van der Waals surface area contributed by atoms with Gasteiger partial charge in [-0.3, -0.25) is 9.46 Å². The largest absolute Gasteiger partial charge is 0.379 e. The Balaban J connectivity index is 1.68. The average molecular weight is 512 g/mol. The summed E-state index contributed by atoms with van der Waals surface area (Å²) >= 11 is 3.56. The molecule has 2 heterocycles. The van der Waals surface area contributed by atoms with Crippen LogP contribution in [0.1, 0.15) is 11.3 Å². The quantitative estimate of drug-likeness (QED) is 0.392. The van der Waals surface area contributed by atoms with Crippen LogP contribution < -0.4 is 9.34 Å². The van der Waals surface area contributed by atoms with Crippen LogP contribution in [0, 0.1) is 0 Å². The molecule has 5 nitrogen and oxygen atoms in total. The fourth-order valence-corrected chi connectivity index (χ4v) is 8.68. The van der Waals surface area contributed by atoms with Gasteiger partial charge >= 0.3 is 0 Å². The molecule has 0 spiro atoms. The minimum Gasteiger partial charge on any atom is -0.379 e. The first-order valence-corrected chi connectivity index (χ1v) is 13.5. The maximum atomic E-state index is 15.5. The molecule has 3 aromatic carbocycles. The molecule has 0 bridgehead atoms. The Morgan fingerprint density at radius 2 is 1.22 bits per heavy atom. The van der Waals surface area contributed by atoms with Crippen LogP contribution in [0.5, 0.6) is 0 Å². The van der Waals surface area contributed by atoms with Crippen molar-refractivity contribution in [2.75, 3.05) is 48.7 Å². The van der Waals surface area contributed by atoms with Crippen LogP contribution in [-0.2, 0) is 9.30 Å². The number of hydrogen-bond acceptors (Lipinski definition) is 3. The van der Waals surface area contributed by atoms with Gasteiger partial charge in [-0.15, -0.1) is 0 Å². The minimum absolute atomic E-state index is 0.262. The first-order chi connectivity index (χ1) is 15.7. The second-order valence-electron chi connectivity index (χ2n) is 8.08. The number of halogens is 1. The Morgan fingerprint density at radius 3 is 1.72 bits per heavy atom. The predicted octanol–water partition coefficient (Wildman–Crippen LogP) is 6.00. The van der Waals surface area contributed by atoms with Gasteiger partial charge in [0.15, 0.2) is 0 Å². The molecule has 0 aromatic heterocycles. The lowest BCUT2D eigenvalue weighted by Gasteiger charge is -2.44. The number of para-hydroxylation sites is 2. The number of rotatable bonds is 5. The van der Waals surface area contributed by atoms with E-state index in [0.717, 1.165) is 34.5 Å². The van der Waals surface area contributed by atoms with Crippen molar-refractivity contribution in [3.63, 3.8) is 0 Å². The average Bonchev–Trinajstić information content (AvgIpc) is 3.19. The third-order valence-corrected chi connectivity index (χ3v) is 10.2. The predicted molar refractivity (Wildman–Crippen MR) is 134 cm³/mol. The van der Waals surface area contributed by atoms with E-state index in [1.165, 1.54) is 0 Å². The smallest absolute Gasteiger partial charge is 0.284 e. The lowest BCUT2D eigenvalue weighted by Crippen LogP contribution is -2.42. The second kappa shape index (κ2) is 9.40. The van der Waals surface area contributed by atoms with Crippen molar-refractivity contribution in [3.05, 3.63) is 95.0 Å². The molecule has 0 N–H and O–H groups in total. The molecule has 2 aliphatic rings. The Bertz CT molecular complexity index is 1020. The molecule has 1 atom stereocenters. The van der Waals surface area contributed by atoms with E-state index in [2.05, 4.69) is 66.6 Å². The Hall–Kier alpha value is -2.11. The number of anilines is 2. The number of ether oxygens (including phenoxy) is 1. The van der Waals surface area contributed by atoms with Crippen LogP contribution in [0.2, 0.25) is 0 Å². The highest BCUT2D eigenvalue weighted by Gasteiger charge is 2.52. The number of hydrogen-bond donors (Lipinski definition) is 0. The first-order valence-electron chi connectivity index (χ1n) is 11.0. The molecule has 0 aliphatic carbocycles. The van der Waals surface area contributed by atoms with Gasteiger partial charge in [0.2, 0.25) is 0 Å². The topological polar surface area (TPSA) is 36.0 Å². The van der Waals surface area contributed by atoms with E-state index in [1.807, 2.05) is 48.5 Å². The fourth-order valence-electron chi connectivity index (χ4n) is 4.73. The van der Waals surface area contributed by atoms with Crippen molar-refractivity contribution in [2.24, 2.45) is 0 Å². The van der Waals surface area contributed by atoms with Crippen LogP contribution in [-0.4, -0.2) is 44.3 Å². The highest BCUT2D eigenvalue weighted by Crippen LogP contribution is 2.69.